The first-order valence-corrected chi connectivity index (χ1v) is 5.84. The van der Waals surface area contributed by atoms with Crippen LogP contribution < -0.4 is 5.32 Å². The van der Waals surface area contributed by atoms with Gasteiger partial charge in [-0.1, -0.05) is 6.07 Å². The quantitative estimate of drug-likeness (QED) is 0.846. The molecule has 18 heavy (non-hydrogen) atoms. The highest BCUT2D eigenvalue weighted by molar-refractivity contribution is 6.04. The molecule has 0 spiro atoms. The van der Waals surface area contributed by atoms with Crippen LogP contribution in [-0.4, -0.2) is 33.6 Å². The Balaban J connectivity index is 2.17. The van der Waals surface area contributed by atoms with Gasteiger partial charge in [-0.3, -0.25) is 14.8 Å². The molecule has 1 unspecified atom stereocenters. The lowest BCUT2D eigenvalue weighted by molar-refractivity contribution is 0.0947. The van der Waals surface area contributed by atoms with Crippen molar-refractivity contribution in [2.45, 2.75) is 19.4 Å². The van der Waals surface area contributed by atoms with Gasteiger partial charge in [-0.15, -0.1) is 0 Å². The average Bonchev–Trinajstić information content (AvgIpc) is 2.37. The zero-order chi connectivity index (χ0) is 13.0. The molecule has 0 aliphatic heterocycles. The number of rotatable bonds is 4. The lowest BCUT2D eigenvalue weighted by atomic mass is 10.1. The van der Waals surface area contributed by atoms with Crippen molar-refractivity contribution >= 4 is 16.9 Å². The van der Waals surface area contributed by atoms with Gasteiger partial charge in [0.1, 0.15) is 5.52 Å². The van der Waals surface area contributed by atoms with E-state index in [1.165, 1.54) is 0 Å². The van der Waals surface area contributed by atoms with E-state index in [4.69, 9.17) is 5.11 Å². The highest BCUT2D eigenvalue weighted by Gasteiger charge is 2.10. The fraction of sp³-hybridized carbons (Fsp3) is 0.308. The van der Waals surface area contributed by atoms with Gasteiger partial charge in [0.2, 0.25) is 0 Å². The van der Waals surface area contributed by atoms with Crippen LogP contribution in [0.4, 0.5) is 0 Å². The number of carbonyl (C=O) groups excluding carboxylic acids is 1. The highest BCUT2D eigenvalue weighted by Crippen LogP contribution is 2.13. The number of aliphatic hydroxyl groups is 1. The summed E-state index contributed by atoms with van der Waals surface area (Å²) in [5.74, 6) is -0.193. The standard InChI is InChI=1S/C13H15N3O2/c1-9(17)5-6-16-13(18)10-3-2-4-11-12(10)15-8-7-14-11/h2-4,7-9,17H,5-6H2,1H3,(H,16,18). The summed E-state index contributed by atoms with van der Waals surface area (Å²) >= 11 is 0. The van der Waals surface area contributed by atoms with Gasteiger partial charge >= 0.3 is 0 Å². The van der Waals surface area contributed by atoms with Crippen LogP contribution in [0.2, 0.25) is 0 Å². The van der Waals surface area contributed by atoms with Crippen LogP contribution in [0.15, 0.2) is 30.6 Å². The number of fused-ring (bicyclic) bond motifs is 1. The SMILES string of the molecule is CC(O)CCNC(=O)c1cccc2nccnc12. The number of hydrogen-bond donors (Lipinski definition) is 2. The summed E-state index contributed by atoms with van der Waals surface area (Å²) in [4.78, 5) is 20.3. The summed E-state index contributed by atoms with van der Waals surface area (Å²) < 4.78 is 0. The van der Waals surface area contributed by atoms with E-state index >= 15 is 0 Å². The van der Waals surface area contributed by atoms with Crippen molar-refractivity contribution in [3.8, 4) is 0 Å². The minimum absolute atomic E-state index is 0.193. The lowest BCUT2D eigenvalue weighted by Crippen LogP contribution is -2.26. The molecule has 2 aromatic rings. The average molecular weight is 245 g/mol. The molecule has 94 valence electrons. The molecule has 0 bridgehead atoms. The molecule has 0 aliphatic rings. The van der Waals surface area contributed by atoms with Crippen LogP contribution in [-0.2, 0) is 0 Å². The molecular weight excluding hydrogens is 230 g/mol. The molecule has 1 atom stereocenters. The molecule has 0 saturated heterocycles. The molecule has 1 aromatic heterocycles. The Labute approximate surface area is 105 Å². The lowest BCUT2D eigenvalue weighted by Gasteiger charge is -2.08. The van der Waals surface area contributed by atoms with E-state index in [-0.39, 0.29) is 5.91 Å². The van der Waals surface area contributed by atoms with Gasteiger partial charge in [-0.05, 0) is 25.5 Å². The second-order valence-corrected chi connectivity index (χ2v) is 4.12. The summed E-state index contributed by atoms with van der Waals surface area (Å²) in [5, 5.41) is 11.9. The van der Waals surface area contributed by atoms with Crippen LogP contribution in [0.1, 0.15) is 23.7 Å². The first-order chi connectivity index (χ1) is 8.68. The molecular formula is C13H15N3O2. The minimum atomic E-state index is -0.419. The van der Waals surface area contributed by atoms with Gasteiger partial charge < -0.3 is 10.4 Å². The predicted octanol–water partition coefficient (Wildman–Crippen LogP) is 1.13. The van der Waals surface area contributed by atoms with Crippen molar-refractivity contribution < 1.29 is 9.90 Å². The number of carbonyl (C=O) groups is 1. The Bertz CT molecular complexity index is 549. The number of nitrogens with zero attached hydrogens (tertiary/aromatic N) is 2. The van der Waals surface area contributed by atoms with E-state index in [1.54, 1.807) is 31.5 Å². The maximum Gasteiger partial charge on any atom is 0.253 e. The fourth-order valence-electron chi connectivity index (χ4n) is 1.67. The van der Waals surface area contributed by atoms with Gasteiger partial charge in [0, 0.05) is 18.9 Å². The summed E-state index contributed by atoms with van der Waals surface area (Å²) in [5.41, 5.74) is 1.79. The van der Waals surface area contributed by atoms with Crippen molar-refractivity contribution in [2.24, 2.45) is 0 Å². The molecule has 1 heterocycles. The topological polar surface area (TPSA) is 75.1 Å². The van der Waals surface area contributed by atoms with E-state index in [9.17, 15) is 4.79 Å². The Morgan fingerprint density at radius 3 is 2.94 bits per heavy atom. The minimum Gasteiger partial charge on any atom is -0.393 e. The van der Waals surface area contributed by atoms with Crippen molar-refractivity contribution in [1.29, 1.82) is 0 Å². The number of hydrogen-bond acceptors (Lipinski definition) is 4. The third kappa shape index (κ3) is 2.81. The molecule has 0 fully saturated rings. The molecule has 0 radical (unpaired) electrons. The predicted molar refractivity (Wildman–Crippen MR) is 68.2 cm³/mol. The number of amides is 1. The largest absolute Gasteiger partial charge is 0.393 e. The molecule has 2 rings (SSSR count). The number of para-hydroxylation sites is 1. The highest BCUT2D eigenvalue weighted by atomic mass is 16.3. The van der Waals surface area contributed by atoms with E-state index in [1.807, 2.05) is 6.07 Å². The maximum atomic E-state index is 12.0. The van der Waals surface area contributed by atoms with Gasteiger partial charge in [-0.2, -0.15) is 0 Å². The zero-order valence-electron chi connectivity index (χ0n) is 10.1. The molecule has 1 amide bonds. The first-order valence-electron chi connectivity index (χ1n) is 5.84. The van der Waals surface area contributed by atoms with E-state index in [2.05, 4.69) is 15.3 Å². The van der Waals surface area contributed by atoms with Crippen LogP contribution in [0.3, 0.4) is 0 Å². The Morgan fingerprint density at radius 2 is 2.17 bits per heavy atom. The van der Waals surface area contributed by atoms with Gasteiger partial charge in [-0.25, -0.2) is 0 Å². The van der Waals surface area contributed by atoms with Crippen LogP contribution >= 0.6 is 0 Å². The van der Waals surface area contributed by atoms with E-state index < -0.39 is 6.10 Å². The van der Waals surface area contributed by atoms with Crippen LogP contribution in [0, 0.1) is 0 Å². The number of benzene rings is 1. The second kappa shape index (κ2) is 5.55. The van der Waals surface area contributed by atoms with E-state index in [0.717, 1.165) is 0 Å². The first kappa shape index (κ1) is 12.4. The van der Waals surface area contributed by atoms with Gasteiger partial charge in [0.15, 0.2) is 0 Å². The number of aromatic nitrogens is 2. The molecule has 5 nitrogen and oxygen atoms in total. The van der Waals surface area contributed by atoms with Crippen molar-refractivity contribution in [1.82, 2.24) is 15.3 Å². The summed E-state index contributed by atoms with van der Waals surface area (Å²) in [6, 6.07) is 5.31. The summed E-state index contributed by atoms with van der Waals surface area (Å²) in [6.07, 6.45) is 3.27. The molecule has 2 N–H and O–H groups in total. The van der Waals surface area contributed by atoms with Gasteiger partial charge in [0.05, 0.1) is 17.2 Å². The van der Waals surface area contributed by atoms with Crippen LogP contribution in [0.5, 0.6) is 0 Å². The molecule has 0 aliphatic carbocycles. The monoisotopic (exact) mass is 245 g/mol. The van der Waals surface area contributed by atoms with E-state index in [0.29, 0.717) is 29.6 Å². The maximum absolute atomic E-state index is 12.0. The smallest absolute Gasteiger partial charge is 0.253 e. The second-order valence-electron chi connectivity index (χ2n) is 4.12. The fourth-order valence-corrected chi connectivity index (χ4v) is 1.67. The van der Waals surface area contributed by atoms with Crippen molar-refractivity contribution in [3.05, 3.63) is 36.2 Å². The Hall–Kier alpha value is -2.01. The third-order valence-electron chi connectivity index (χ3n) is 2.59. The molecule has 0 saturated carbocycles. The summed E-state index contributed by atoms with van der Waals surface area (Å²) in [6.45, 7) is 2.13. The Morgan fingerprint density at radius 1 is 1.39 bits per heavy atom. The van der Waals surface area contributed by atoms with Crippen molar-refractivity contribution in [2.75, 3.05) is 6.54 Å². The van der Waals surface area contributed by atoms with Crippen molar-refractivity contribution in [3.63, 3.8) is 0 Å². The zero-order valence-corrected chi connectivity index (χ0v) is 10.1. The summed E-state index contributed by atoms with van der Waals surface area (Å²) in [7, 11) is 0. The number of nitrogens with one attached hydrogen (secondary N) is 1. The molecule has 5 heteroatoms. The number of aliphatic hydroxyl groups excluding tert-OH is 1. The normalized spacial score (nSPS) is 12.3. The Kier molecular flexibility index (Phi) is 3.84. The third-order valence-corrected chi connectivity index (χ3v) is 2.59. The van der Waals surface area contributed by atoms with Crippen LogP contribution in [0.25, 0.3) is 11.0 Å². The molecule has 1 aromatic carbocycles. The van der Waals surface area contributed by atoms with Gasteiger partial charge in [0.25, 0.3) is 5.91 Å².